The van der Waals surface area contributed by atoms with Crippen LogP contribution >= 0.6 is 0 Å². The minimum absolute atomic E-state index is 0.335. The van der Waals surface area contributed by atoms with Crippen molar-refractivity contribution in [3.05, 3.63) is 65.5 Å². The van der Waals surface area contributed by atoms with Gasteiger partial charge in [-0.15, -0.1) is 0 Å². The van der Waals surface area contributed by atoms with Crippen molar-refractivity contribution in [3.8, 4) is 0 Å². The van der Waals surface area contributed by atoms with E-state index in [1.54, 1.807) is 21.0 Å². The molecular weight excluding hydrogens is 348 g/mol. The van der Waals surface area contributed by atoms with Crippen molar-refractivity contribution in [2.75, 3.05) is 33.7 Å². The van der Waals surface area contributed by atoms with Crippen molar-refractivity contribution in [1.29, 1.82) is 0 Å². The molecule has 0 unspecified atom stereocenters. The highest BCUT2D eigenvalue weighted by atomic mass is 32.2. The second kappa shape index (κ2) is 8.26. The highest BCUT2D eigenvalue weighted by Gasteiger charge is 2.32. The molecule has 1 aromatic carbocycles. The van der Waals surface area contributed by atoms with Crippen LogP contribution in [0.2, 0.25) is 0 Å². The van der Waals surface area contributed by atoms with Crippen molar-refractivity contribution in [2.45, 2.75) is 19.5 Å². The summed E-state index contributed by atoms with van der Waals surface area (Å²) >= 11 is 0. The van der Waals surface area contributed by atoms with E-state index in [0.717, 1.165) is 17.5 Å². The van der Waals surface area contributed by atoms with E-state index in [1.807, 2.05) is 49.3 Å². The molecule has 1 aliphatic rings. The summed E-state index contributed by atoms with van der Waals surface area (Å²) in [5.74, 6) is 0. The second-order valence-corrected chi connectivity index (χ2v) is 8.79. The second-order valence-electron chi connectivity index (χ2n) is 6.86. The molecule has 2 aromatic rings. The Hall–Kier alpha value is -1.80. The first-order chi connectivity index (χ1) is 12.5. The van der Waals surface area contributed by atoms with Gasteiger partial charge in [-0.2, -0.15) is 17.0 Å². The van der Waals surface area contributed by atoms with Crippen molar-refractivity contribution < 1.29 is 8.42 Å². The lowest BCUT2D eigenvalue weighted by Gasteiger charge is -2.33. The molecule has 0 amide bonds. The van der Waals surface area contributed by atoms with Crippen molar-refractivity contribution in [1.82, 2.24) is 18.5 Å². The van der Waals surface area contributed by atoms with Gasteiger partial charge in [-0.25, -0.2) is 0 Å². The Bertz CT molecular complexity index is 824. The van der Waals surface area contributed by atoms with E-state index >= 15 is 0 Å². The number of aromatic nitrogens is 1. The van der Waals surface area contributed by atoms with Gasteiger partial charge in [0.05, 0.1) is 0 Å². The van der Waals surface area contributed by atoms with Crippen LogP contribution in [-0.4, -0.2) is 60.6 Å². The standard InChI is InChI=1S/C19H26N4O2S/c1-21(2)12-13-23(15-17-6-5-10-20-14-17)26(24,25)22-11-9-18-7-3-4-8-19(18)16-22/h3-8,10,14H,9,11-13,15-16H2,1-2H3. The minimum Gasteiger partial charge on any atom is -0.308 e. The zero-order chi connectivity index (χ0) is 18.6. The highest BCUT2D eigenvalue weighted by Crippen LogP contribution is 2.23. The zero-order valence-corrected chi connectivity index (χ0v) is 16.2. The highest BCUT2D eigenvalue weighted by molar-refractivity contribution is 7.86. The van der Waals surface area contributed by atoms with Crippen LogP contribution in [0.15, 0.2) is 48.8 Å². The summed E-state index contributed by atoms with van der Waals surface area (Å²) in [5.41, 5.74) is 3.23. The lowest BCUT2D eigenvalue weighted by atomic mass is 10.0. The van der Waals surface area contributed by atoms with Gasteiger partial charge in [-0.05, 0) is 43.3 Å². The molecule has 1 aliphatic heterocycles. The summed E-state index contributed by atoms with van der Waals surface area (Å²) in [7, 11) is 0.352. The molecule has 7 heteroatoms. The summed E-state index contributed by atoms with van der Waals surface area (Å²) < 4.78 is 29.8. The van der Waals surface area contributed by atoms with E-state index < -0.39 is 10.2 Å². The molecule has 2 heterocycles. The molecule has 0 fully saturated rings. The third-order valence-corrected chi connectivity index (χ3v) is 6.56. The van der Waals surface area contributed by atoms with E-state index in [9.17, 15) is 8.42 Å². The molecular formula is C19H26N4O2S. The molecule has 0 bridgehead atoms. The number of fused-ring (bicyclic) bond motifs is 1. The number of likely N-dealkylation sites (N-methyl/N-ethyl adjacent to an activating group) is 1. The fourth-order valence-electron chi connectivity index (χ4n) is 3.11. The summed E-state index contributed by atoms with van der Waals surface area (Å²) in [4.78, 5) is 6.11. The van der Waals surface area contributed by atoms with Crippen molar-refractivity contribution in [2.24, 2.45) is 0 Å². The van der Waals surface area contributed by atoms with E-state index in [4.69, 9.17) is 0 Å². The van der Waals surface area contributed by atoms with Gasteiger partial charge in [0, 0.05) is 45.1 Å². The van der Waals surface area contributed by atoms with E-state index in [1.165, 1.54) is 5.56 Å². The van der Waals surface area contributed by atoms with Gasteiger partial charge < -0.3 is 4.90 Å². The summed E-state index contributed by atoms with van der Waals surface area (Å²) in [6.45, 7) is 2.41. The van der Waals surface area contributed by atoms with Crippen LogP contribution in [0.1, 0.15) is 16.7 Å². The Morgan fingerprint density at radius 2 is 1.85 bits per heavy atom. The topological polar surface area (TPSA) is 56.8 Å². The predicted octanol–water partition coefficient (Wildman–Crippen LogP) is 1.75. The fraction of sp³-hybridized carbons (Fsp3) is 0.421. The molecule has 0 saturated carbocycles. The Labute approximate surface area is 156 Å². The van der Waals surface area contributed by atoms with Gasteiger partial charge in [-0.1, -0.05) is 30.3 Å². The molecule has 0 aliphatic carbocycles. The maximum atomic E-state index is 13.3. The average Bonchev–Trinajstić information content (AvgIpc) is 2.65. The molecule has 140 valence electrons. The van der Waals surface area contributed by atoms with Gasteiger partial charge in [0.15, 0.2) is 0 Å². The maximum absolute atomic E-state index is 13.3. The fourth-order valence-corrected chi connectivity index (χ4v) is 4.69. The molecule has 6 nitrogen and oxygen atoms in total. The number of rotatable bonds is 7. The molecule has 0 atom stereocenters. The first-order valence-electron chi connectivity index (χ1n) is 8.82. The van der Waals surface area contributed by atoms with Crippen LogP contribution in [0.25, 0.3) is 0 Å². The summed E-state index contributed by atoms with van der Waals surface area (Å²) in [5, 5.41) is 0. The number of benzene rings is 1. The van der Waals surface area contributed by atoms with E-state index in [2.05, 4.69) is 11.1 Å². The lowest BCUT2D eigenvalue weighted by molar-refractivity contribution is 0.292. The van der Waals surface area contributed by atoms with Crippen molar-refractivity contribution >= 4 is 10.2 Å². The first-order valence-corrected chi connectivity index (χ1v) is 10.2. The maximum Gasteiger partial charge on any atom is 0.282 e. The Balaban J connectivity index is 1.82. The Morgan fingerprint density at radius 1 is 1.08 bits per heavy atom. The van der Waals surface area contributed by atoms with Gasteiger partial charge >= 0.3 is 0 Å². The number of pyridine rings is 1. The van der Waals surface area contributed by atoms with Crippen LogP contribution in [0, 0.1) is 0 Å². The summed E-state index contributed by atoms with van der Waals surface area (Å²) in [6.07, 6.45) is 4.18. The number of hydrogen-bond acceptors (Lipinski definition) is 4. The van der Waals surface area contributed by atoms with Crippen LogP contribution in [0.4, 0.5) is 0 Å². The Kier molecular flexibility index (Phi) is 6.03. The van der Waals surface area contributed by atoms with Crippen LogP contribution in [-0.2, 0) is 29.7 Å². The SMILES string of the molecule is CN(C)CCN(Cc1cccnc1)S(=O)(=O)N1CCc2ccccc2C1. The van der Waals surface area contributed by atoms with Gasteiger partial charge in [-0.3, -0.25) is 4.98 Å². The predicted molar refractivity (Wildman–Crippen MR) is 103 cm³/mol. The Morgan fingerprint density at radius 3 is 2.54 bits per heavy atom. The molecule has 0 N–H and O–H groups in total. The molecule has 3 rings (SSSR count). The third-order valence-electron chi connectivity index (χ3n) is 4.63. The largest absolute Gasteiger partial charge is 0.308 e. The molecule has 0 spiro atoms. The third kappa shape index (κ3) is 4.48. The zero-order valence-electron chi connectivity index (χ0n) is 15.4. The van der Waals surface area contributed by atoms with Crippen LogP contribution < -0.4 is 0 Å². The first kappa shape index (κ1) is 19.0. The van der Waals surface area contributed by atoms with Gasteiger partial charge in [0.25, 0.3) is 10.2 Å². The van der Waals surface area contributed by atoms with E-state index in [-0.39, 0.29) is 0 Å². The smallest absolute Gasteiger partial charge is 0.282 e. The van der Waals surface area contributed by atoms with Crippen molar-refractivity contribution in [3.63, 3.8) is 0 Å². The number of nitrogens with zero attached hydrogens (tertiary/aromatic N) is 4. The quantitative estimate of drug-likeness (QED) is 0.741. The normalized spacial score (nSPS) is 15.4. The summed E-state index contributed by atoms with van der Waals surface area (Å²) in [6, 6.07) is 11.8. The van der Waals surface area contributed by atoms with Gasteiger partial charge in [0.2, 0.25) is 0 Å². The van der Waals surface area contributed by atoms with Crippen LogP contribution in [0.3, 0.4) is 0 Å². The van der Waals surface area contributed by atoms with Gasteiger partial charge in [0.1, 0.15) is 0 Å². The molecule has 1 aromatic heterocycles. The molecule has 0 saturated heterocycles. The molecule has 0 radical (unpaired) electrons. The monoisotopic (exact) mass is 374 g/mol. The molecule has 26 heavy (non-hydrogen) atoms. The van der Waals surface area contributed by atoms with Crippen LogP contribution in [0.5, 0.6) is 0 Å². The number of hydrogen-bond donors (Lipinski definition) is 0. The minimum atomic E-state index is -3.55. The lowest BCUT2D eigenvalue weighted by Crippen LogP contribution is -2.47. The van der Waals surface area contributed by atoms with E-state index in [0.29, 0.717) is 32.7 Å². The average molecular weight is 375 g/mol.